The number of nitrogens with two attached hydrogens (primary N) is 1. The lowest BCUT2D eigenvalue weighted by atomic mass is 10.1. The molecule has 1 amide bonds. The summed E-state index contributed by atoms with van der Waals surface area (Å²) < 4.78 is 0. The van der Waals surface area contributed by atoms with E-state index >= 15 is 0 Å². The number of benzene rings is 1. The summed E-state index contributed by atoms with van der Waals surface area (Å²) in [7, 11) is 0. The van der Waals surface area contributed by atoms with Crippen LogP contribution in [0.15, 0.2) is 24.3 Å². The van der Waals surface area contributed by atoms with E-state index in [1.165, 1.54) is 18.4 Å². The Labute approximate surface area is 115 Å². The molecule has 0 aromatic heterocycles. The van der Waals surface area contributed by atoms with Crippen molar-refractivity contribution in [3.8, 4) is 0 Å². The smallest absolute Gasteiger partial charge is 0.225 e. The Morgan fingerprint density at radius 2 is 2.05 bits per heavy atom. The zero-order valence-electron chi connectivity index (χ0n) is 11.6. The molecule has 3 N–H and O–H groups in total. The average Bonchev–Trinajstić information content (AvgIpc) is 2.83. The number of amides is 1. The molecule has 104 valence electrons. The first kappa shape index (κ1) is 14.0. The number of carbonyl (C=O) groups is 1. The normalized spacial score (nSPS) is 17.4. The molecule has 19 heavy (non-hydrogen) atoms. The molecule has 1 unspecified atom stereocenters. The van der Waals surface area contributed by atoms with Gasteiger partial charge in [0, 0.05) is 24.7 Å². The number of anilines is 1. The molecule has 1 heterocycles. The molecule has 1 aromatic rings. The summed E-state index contributed by atoms with van der Waals surface area (Å²) in [6.07, 6.45) is 2.91. The molecule has 0 radical (unpaired) electrons. The van der Waals surface area contributed by atoms with Gasteiger partial charge < -0.3 is 11.1 Å². The largest absolute Gasteiger partial charge is 0.327 e. The van der Waals surface area contributed by atoms with E-state index in [4.69, 9.17) is 5.73 Å². The Kier molecular flexibility index (Phi) is 4.93. The SMILES string of the molecule is CC(N)CC(=O)Nc1ccccc1CN1CCCC1. The van der Waals surface area contributed by atoms with Crippen LogP contribution in [-0.2, 0) is 11.3 Å². The number of hydrogen-bond donors (Lipinski definition) is 2. The minimum absolute atomic E-state index is 0.0103. The number of nitrogens with one attached hydrogen (secondary N) is 1. The van der Waals surface area contributed by atoms with Gasteiger partial charge in [0.05, 0.1) is 0 Å². The van der Waals surface area contributed by atoms with Gasteiger partial charge in [-0.3, -0.25) is 9.69 Å². The van der Waals surface area contributed by atoms with Crippen LogP contribution in [0.25, 0.3) is 0 Å². The topological polar surface area (TPSA) is 58.4 Å². The summed E-state index contributed by atoms with van der Waals surface area (Å²) in [5, 5.41) is 2.97. The van der Waals surface area contributed by atoms with Gasteiger partial charge in [-0.25, -0.2) is 0 Å². The van der Waals surface area contributed by atoms with Crippen LogP contribution in [0.3, 0.4) is 0 Å². The van der Waals surface area contributed by atoms with Crippen LogP contribution < -0.4 is 11.1 Å². The van der Waals surface area contributed by atoms with Gasteiger partial charge in [0.2, 0.25) is 5.91 Å². The van der Waals surface area contributed by atoms with Gasteiger partial charge in [-0.2, -0.15) is 0 Å². The molecule has 0 bridgehead atoms. The van der Waals surface area contributed by atoms with Crippen molar-refractivity contribution in [3.63, 3.8) is 0 Å². The van der Waals surface area contributed by atoms with E-state index in [0.29, 0.717) is 6.42 Å². The third-order valence-corrected chi connectivity index (χ3v) is 3.39. The van der Waals surface area contributed by atoms with Crippen LogP contribution in [0.5, 0.6) is 0 Å². The van der Waals surface area contributed by atoms with Crippen molar-refractivity contribution < 1.29 is 4.79 Å². The number of carbonyl (C=O) groups excluding carboxylic acids is 1. The Balaban J connectivity index is 2.00. The molecule has 1 saturated heterocycles. The van der Waals surface area contributed by atoms with Gasteiger partial charge in [0.25, 0.3) is 0 Å². The maximum atomic E-state index is 11.8. The Morgan fingerprint density at radius 3 is 2.74 bits per heavy atom. The van der Waals surface area contributed by atoms with Crippen molar-refractivity contribution in [1.82, 2.24) is 4.90 Å². The minimum Gasteiger partial charge on any atom is -0.327 e. The van der Waals surface area contributed by atoms with Gasteiger partial charge in [-0.1, -0.05) is 18.2 Å². The second-order valence-corrected chi connectivity index (χ2v) is 5.37. The van der Waals surface area contributed by atoms with Gasteiger partial charge in [0.1, 0.15) is 0 Å². The predicted octanol–water partition coefficient (Wildman–Crippen LogP) is 1.96. The number of para-hydroxylation sites is 1. The van der Waals surface area contributed by atoms with Crippen LogP contribution >= 0.6 is 0 Å². The molecule has 2 rings (SSSR count). The lowest BCUT2D eigenvalue weighted by Gasteiger charge is -2.18. The maximum Gasteiger partial charge on any atom is 0.225 e. The van der Waals surface area contributed by atoms with E-state index in [1.807, 2.05) is 25.1 Å². The first-order chi connectivity index (χ1) is 9.15. The van der Waals surface area contributed by atoms with E-state index in [1.54, 1.807) is 0 Å². The van der Waals surface area contributed by atoms with E-state index in [9.17, 15) is 4.79 Å². The lowest BCUT2D eigenvalue weighted by molar-refractivity contribution is -0.116. The van der Waals surface area contributed by atoms with Crippen LogP contribution in [-0.4, -0.2) is 29.9 Å². The summed E-state index contributed by atoms with van der Waals surface area (Å²) in [6.45, 7) is 5.06. The highest BCUT2D eigenvalue weighted by Crippen LogP contribution is 2.20. The molecule has 1 aliphatic heterocycles. The number of rotatable bonds is 5. The first-order valence-corrected chi connectivity index (χ1v) is 7.01. The Morgan fingerprint density at radius 1 is 1.37 bits per heavy atom. The summed E-state index contributed by atoms with van der Waals surface area (Å²) >= 11 is 0. The zero-order valence-corrected chi connectivity index (χ0v) is 11.6. The summed E-state index contributed by atoms with van der Waals surface area (Å²) in [4.78, 5) is 14.2. The quantitative estimate of drug-likeness (QED) is 0.852. The van der Waals surface area contributed by atoms with E-state index < -0.39 is 0 Å². The molecule has 1 fully saturated rings. The molecule has 4 heteroatoms. The highest BCUT2D eigenvalue weighted by molar-refractivity contribution is 5.91. The lowest BCUT2D eigenvalue weighted by Crippen LogP contribution is -2.25. The highest BCUT2D eigenvalue weighted by Gasteiger charge is 2.14. The molecular formula is C15H23N3O. The molecule has 0 spiro atoms. The number of hydrogen-bond acceptors (Lipinski definition) is 3. The molecule has 1 atom stereocenters. The second kappa shape index (κ2) is 6.68. The van der Waals surface area contributed by atoms with Crippen LogP contribution in [0.2, 0.25) is 0 Å². The van der Waals surface area contributed by atoms with Crippen molar-refractivity contribution in [2.45, 2.75) is 38.8 Å². The summed E-state index contributed by atoms with van der Waals surface area (Å²) in [6, 6.07) is 7.91. The van der Waals surface area contributed by atoms with E-state index in [-0.39, 0.29) is 11.9 Å². The minimum atomic E-state index is -0.106. The van der Waals surface area contributed by atoms with Gasteiger partial charge in [-0.05, 0) is 44.5 Å². The Hall–Kier alpha value is -1.39. The summed E-state index contributed by atoms with van der Waals surface area (Å²) in [5.74, 6) is -0.0103. The zero-order chi connectivity index (χ0) is 13.7. The molecular weight excluding hydrogens is 238 g/mol. The van der Waals surface area contributed by atoms with Gasteiger partial charge in [-0.15, -0.1) is 0 Å². The monoisotopic (exact) mass is 261 g/mol. The van der Waals surface area contributed by atoms with Crippen LogP contribution in [0, 0.1) is 0 Å². The first-order valence-electron chi connectivity index (χ1n) is 7.01. The highest BCUT2D eigenvalue weighted by atomic mass is 16.1. The maximum absolute atomic E-state index is 11.8. The number of likely N-dealkylation sites (tertiary alicyclic amines) is 1. The predicted molar refractivity (Wildman–Crippen MR) is 77.8 cm³/mol. The van der Waals surface area contributed by atoms with Crippen molar-refractivity contribution in [2.24, 2.45) is 5.73 Å². The summed E-state index contributed by atoms with van der Waals surface area (Å²) in [5.41, 5.74) is 7.75. The molecule has 1 aliphatic rings. The molecule has 0 saturated carbocycles. The van der Waals surface area contributed by atoms with Gasteiger partial charge >= 0.3 is 0 Å². The van der Waals surface area contributed by atoms with E-state index in [0.717, 1.165) is 25.3 Å². The van der Waals surface area contributed by atoms with Crippen molar-refractivity contribution in [1.29, 1.82) is 0 Å². The fraction of sp³-hybridized carbons (Fsp3) is 0.533. The second-order valence-electron chi connectivity index (χ2n) is 5.37. The average molecular weight is 261 g/mol. The van der Waals surface area contributed by atoms with Crippen molar-refractivity contribution in [2.75, 3.05) is 18.4 Å². The molecule has 0 aliphatic carbocycles. The van der Waals surface area contributed by atoms with Crippen molar-refractivity contribution in [3.05, 3.63) is 29.8 Å². The van der Waals surface area contributed by atoms with Crippen molar-refractivity contribution >= 4 is 11.6 Å². The van der Waals surface area contributed by atoms with Gasteiger partial charge in [0.15, 0.2) is 0 Å². The van der Waals surface area contributed by atoms with Crippen LogP contribution in [0.1, 0.15) is 31.7 Å². The standard InChI is InChI=1S/C15H23N3O/c1-12(16)10-15(19)17-14-7-3-2-6-13(14)11-18-8-4-5-9-18/h2-3,6-7,12H,4-5,8-11,16H2,1H3,(H,17,19). The molecule has 4 nitrogen and oxygen atoms in total. The van der Waals surface area contributed by atoms with Crippen LogP contribution in [0.4, 0.5) is 5.69 Å². The third kappa shape index (κ3) is 4.33. The fourth-order valence-electron chi connectivity index (χ4n) is 2.46. The third-order valence-electron chi connectivity index (χ3n) is 3.39. The number of nitrogens with zero attached hydrogens (tertiary/aromatic N) is 1. The Bertz CT molecular complexity index is 425. The molecule has 1 aromatic carbocycles. The van der Waals surface area contributed by atoms with E-state index in [2.05, 4.69) is 16.3 Å². The fourth-order valence-corrected chi connectivity index (χ4v) is 2.46.